The van der Waals surface area contributed by atoms with Gasteiger partial charge in [0.1, 0.15) is 5.82 Å². The highest BCUT2D eigenvalue weighted by atomic mass is 19.1. The van der Waals surface area contributed by atoms with Crippen LogP contribution in [-0.2, 0) is 7.05 Å². The van der Waals surface area contributed by atoms with E-state index in [-0.39, 0.29) is 11.9 Å². The number of nitrogens with two attached hydrogens (primary N) is 1. The number of hydrazine groups is 1. The first kappa shape index (κ1) is 12.7. The van der Waals surface area contributed by atoms with Crippen molar-refractivity contribution in [1.29, 1.82) is 0 Å². The smallest absolute Gasteiger partial charge is 0.123 e. The molecule has 0 saturated heterocycles. The molecule has 1 heterocycles. The van der Waals surface area contributed by atoms with Gasteiger partial charge >= 0.3 is 0 Å². The van der Waals surface area contributed by atoms with Gasteiger partial charge in [-0.3, -0.25) is 10.5 Å². The van der Waals surface area contributed by atoms with E-state index in [9.17, 15) is 4.39 Å². The monoisotopic (exact) mass is 248 g/mol. The number of benzene rings is 1. The Bertz CT molecular complexity index is 542. The number of halogens is 1. The van der Waals surface area contributed by atoms with Crippen LogP contribution in [0.25, 0.3) is 0 Å². The summed E-state index contributed by atoms with van der Waals surface area (Å²) in [6.07, 6.45) is 0. The quantitative estimate of drug-likeness (QED) is 0.642. The summed E-state index contributed by atoms with van der Waals surface area (Å²) >= 11 is 0. The lowest BCUT2D eigenvalue weighted by Crippen LogP contribution is -2.30. The molecule has 2 rings (SSSR count). The fourth-order valence-corrected chi connectivity index (χ4v) is 2.18. The van der Waals surface area contributed by atoms with Gasteiger partial charge in [-0.25, -0.2) is 9.82 Å². The highest BCUT2D eigenvalue weighted by Gasteiger charge is 2.17. The third-order valence-corrected chi connectivity index (χ3v) is 2.90. The molecule has 4 nitrogen and oxygen atoms in total. The number of nitrogens with one attached hydrogen (secondary N) is 1. The SMILES string of the molecule is Cc1cc(F)cc(C(NN)c2cc(C)nn2C)c1. The van der Waals surface area contributed by atoms with Crippen LogP contribution in [0.5, 0.6) is 0 Å². The largest absolute Gasteiger partial charge is 0.271 e. The Labute approximate surface area is 106 Å². The summed E-state index contributed by atoms with van der Waals surface area (Å²) in [6.45, 7) is 3.77. The van der Waals surface area contributed by atoms with E-state index in [0.29, 0.717) is 0 Å². The fourth-order valence-electron chi connectivity index (χ4n) is 2.18. The van der Waals surface area contributed by atoms with Crippen molar-refractivity contribution < 1.29 is 4.39 Å². The third-order valence-electron chi connectivity index (χ3n) is 2.90. The molecule has 1 aromatic heterocycles. The highest BCUT2D eigenvalue weighted by molar-refractivity contribution is 5.32. The maximum absolute atomic E-state index is 13.5. The van der Waals surface area contributed by atoms with Crippen LogP contribution >= 0.6 is 0 Å². The van der Waals surface area contributed by atoms with E-state index < -0.39 is 0 Å². The van der Waals surface area contributed by atoms with Crippen molar-refractivity contribution in [3.8, 4) is 0 Å². The minimum absolute atomic E-state index is 0.260. The zero-order valence-corrected chi connectivity index (χ0v) is 10.7. The Morgan fingerprint density at radius 1 is 1.28 bits per heavy atom. The summed E-state index contributed by atoms with van der Waals surface area (Å²) in [6, 6.07) is 6.55. The molecule has 0 amide bonds. The van der Waals surface area contributed by atoms with E-state index in [1.165, 1.54) is 12.1 Å². The molecule has 0 bridgehead atoms. The van der Waals surface area contributed by atoms with Crippen molar-refractivity contribution in [3.05, 3.63) is 52.6 Å². The predicted molar refractivity (Wildman–Crippen MR) is 68.2 cm³/mol. The van der Waals surface area contributed by atoms with Crippen molar-refractivity contribution in [2.24, 2.45) is 12.9 Å². The van der Waals surface area contributed by atoms with Gasteiger partial charge in [0.2, 0.25) is 0 Å². The molecule has 1 aromatic carbocycles. The van der Waals surface area contributed by atoms with Gasteiger partial charge in [0.15, 0.2) is 0 Å². The predicted octanol–water partition coefficient (Wildman–Crippen LogP) is 1.73. The minimum Gasteiger partial charge on any atom is -0.271 e. The topological polar surface area (TPSA) is 55.9 Å². The fraction of sp³-hybridized carbons (Fsp3) is 0.308. The zero-order valence-electron chi connectivity index (χ0n) is 10.7. The van der Waals surface area contributed by atoms with Crippen LogP contribution in [0, 0.1) is 19.7 Å². The summed E-state index contributed by atoms with van der Waals surface area (Å²) < 4.78 is 15.2. The van der Waals surface area contributed by atoms with Crippen LogP contribution in [0.1, 0.15) is 28.6 Å². The normalized spacial score (nSPS) is 12.7. The second-order valence-corrected chi connectivity index (χ2v) is 4.50. The molecule has 0 spiro atoms. The van der Waals surface area contributed by atoms with E-state index >= 15 is 0 Å². The summed E-state index contributed by atoms with van der Waals surface area (Å²) in [5.74, 6) is 5.34. The van der Waals surface area contributed by atoms with Gasteiger partial charge in [-0.15, -0.1) is 0 Å². The maximum Gasteiger partial charge on any atom is 0.123 e. The van der Waals surface area contributed by atoms with E-state index in [1.54, 1.807) is 4.68 Å². The van der Waals surface area contributed by atoms with Crippen LogP contribution in [0.2, 0.25) is 0 Å². The van der Waals surface area contributed by atoms with Crippen molar-refractivity contribution in [2.75, 3.05) is 0 Å². The Hall–Kier alpha value is -1.72. The molecule has 5 heteroatoms. The molecule has 3 N–H and O–H groups in total. The summed E-state index contributed by atoms with van der Waals surface area (Å²) in [4.78, 5) is 0. The molecule has 0 fully saturated rings. The van der Waals surface area contributed by atoms with Gasteiger partial charge in [-0.1, -0.05) is 6.07 Å². The van der Waals surface area contributed by atoms with Gasteiger partial charge in [-0.2, -0.15) is 5.10 Å². The van der Waals surface area contributed by atoms with Crippen LogP contribution in [0.15, 0.2) is 24.3 Å². The summed E-state index contributed by atoms with van der Waals surface area (Å²) in [5.41, 5.74) is 6.18. The second kappa shape index (κ2) is 4.88. The molecule has 96 valence electrons. The van der Waals surface area contributed by atoms with Gasteiger partial charge in [0, 0.05) is 7.05 Å². The van der Waals surface area contributed by atoms with Crippen LogP contribution in [0.4, 0.5) is 4.39 Å². The van der Waals surface area contributed by atoms with Gasteiger partial charge in [0.25, 0.3) is 0 Å². The van der Waals surface area contributed by atoms with E-state index in [4.69, 9.17) is 5.84 Å². The molecule has 0 radical (unpaired) electrons. The number of rotatable bonds is 3. The first-order chi connectivity index (χ1) is 8.51. The van der Waals surface area contributed by atoms with Crippen molar-refractivity contribution in [2.45, 2.75) is 19.9 Å². The Morgan fingerprint density at radius 3 is 2.50 bits per heavy atom. The molecule has 18 heavy (non-hydrogen) atoms. The minimum atomic E-state index is -0.273. The number of aromatic nitrogens is 2. The Morgan fingerprint density at radius 2 is 2.00 bits per heavy atom. The first-order valence-corrected chi connectivity index (χ1v) is 5.75. The molecular weight excluding hydrogens is 231 g/mol. The van der Waals surface area contributed by atoms with Crippen LogP contribution in [-0.4, -0.2) is 9.78 Å². The number of nitrogens with zero attached hydrogens (tertiary/aromatic N) is 2. The second-order valence-electron chi connectivity index (χ2n) is 4.50. The lowest BCUT2D eigenvalue weighted by molar-refractivity contribution is 0.565. The lowest BCUT2D eigenvalue weighted by atomic mass is 10.0. The average Bonchev–Trinajstić information content (AvgIpc) is 2.58. The highest BCUT2D eigenvalue weighted by Crippen LogP contribution is 2.23. The van der Waals surface area contributed by atoms with Gasteiger partial charge in [0.05, 0.1) is 17.4 Å². The van der Waals surface area contributed by atoms with E-state index in [0.717, 1.165) is 22.5 Å². The molecule has 0 aliphatic heterocycles. The molecule has 0 aliphatic rings. The Balaban J connectivity index is 2.48. The third kappa shape index (κ3) is 2.42. The summed E-state index contributed by atoms with van der Waals surface area (Å²) in [7, 11) is 1.85. The molecule has 1 atom stereocenters. The molecule has 0 aliphatic carbocycles. The molecular formula is C13H17FN4. The zero-order chi connectivity index (χ0) is 13.3. The number of aryl methyl sites for hydroxylation is 3. The standard InChI is InChI=1S/C13H17FN4/c1-8-4-10(7-11(14)5-8)13(16-15)12-6-9(2)17-18(12)3/h4-7,13,16H,15H2,1-3H3. The number of hydrogen-bond acceptors (Lipinski definition) is 3. The van der Waals surface area contributed by atoms with Gasteiger partial charge in [-0.05, 0) is 43.2 Å². The van der Waals surface area contributed by atoms with E-state index in [1.807, 2.05) is 33.0 Å². The van der Waals surface area contributed by atoms with Crippen LogP contribution < -0.4 is 11.3 Å². The molecule has 1 unspecified atom stereocenters. The van der Waals surface area contributed by atoms with Gasteiger partial charge < -0.3 is 0 Å². The number of hydrogen-bond donors (Lipinski definition) is 2. The molecule has 0 saturated carbocycles. The molecule has 2 aromatic rings. The lowest BCUT2D eigenvalue weighted by Gasteiger charge is -2.17. The maximum atomic E-state index is 13.5. The van der Waals surface area contributed by atoms with Crippen LogP contribution in [0.3, 0.4) is 0 Å². The average molecular weight is 248 g/mol. The summed E-state index contributed by atoms with van der Waals surface area (Å²) in [5, 5.41) is 4.28. The van der Waals surface area contributed by atoms with Crippen molar-refractivity contribution in [3.63, 3.8) is 0 Å². The van der Waals surface area contributed by atoms with Crippen molar-refractivity contribution in [1.82, 2.24) is 15.2 Å². The van der Waals surface area contributed by atoms with E-state index in [2.05, 4.69) is 10.5 Å². The first-order valence-electron chi connectivity index (χ1n) is 5.75. The Kier molecular flexibility index (Phi) is 3.45. The van der Waals surface area contributed by atoms with Crippen molar-refractivity contribution >= 4 is 0 Å².